The third-order valence-electron chi connectivity index (χ3n) is 4.79. The smallest absolute Gasteiger partial charge is 0.257 e. The van der Waals surface area contributed by atoms with Crippen LogP contribution in [-0.2, 0) is 0 Å². The summed E-state index contributed by atoms with van der Waals surface area (Å²) < 4.78 is 1.65. The van der Waals surface area contributed by atoms with E-state index in [4.69, 9.17) is 0 Å². The second-order valence-corrected chi connectivity index (χ2v) is 7.72. The van der Waals surface area contributed by atoms with Crippen LogP contribution < -0.4 is 0 Å². The monoisotopic (exact) mass is 367 g/mol. The molecule has 26 heavy (non-hydrogen) atoms. The van der Waals surface area contributed by atoms with E-state index in [1.807, 2.05) is 35.4 Å². The van der Waals surface area contributed by atoms with Gasteiger partial charge in [0.05, 0.1) is 28.0 Å². The Labute approximate surface area is 156 Å². The van der Waals surface area contributed by atoms with E-state index in [1.54, 1.807) is 28.4 Å². The molecule has 0 unspecified atom stereocenters. The van der Waals surface area contributed by atoms with Crippen LogP contribution in [0, 0.1) is 12.8 Å². The summed E-state index contributed by atoms with van der Waals surface area (Å²) in [6.07, 6.45) is 5.61. The zero-order valence-corrected chi connectivity index (χ0v) is 15.7. The van der Waals surface area contributed by atoms with E-state index in [9.17, 15) is 4.79 Å². The summed E-state index contributed by atoms with van der Waals surface area (Å²) in [4.78, 5) is 24.9. The number of thiophene rings is 1. The van der Waals surface area contributed by atoms with Crippen molar-refractivity contribution >= 4 is 17.2 Å². The fraction of sp³-hybridized carbons (Fsp3) is 0.368. The van der Waals surface area contributed by atoms with Crippen LogP contribution in [0.25, 0.3) is 16.5 Å². The van der Waals surface area contributed by atoms with Gasteiger partial charge in [-0.1, -0.05) is 13.0 Å². The van der Waals surface area contributed by atoms with Gasteiger partial charge < -0.3 is 4.90 Å². The van der Waals surface area contributed by atoms with Gasteiger partial charge in [0.15, 0.2) is 0 Å². The molecule has 4 heterocycles. The Bertz CT molecular complexity index is 918. The largest absolute Gasteiger partial charge is 0.338 e. The van der Waals surface area contributed by atoms with Crippen LogP contribution in [0.3, 0.4) is 0 Å². The number of aromatic nitrogens is 4. The minimum absolute atomic E-state index is 0.0507. The molecule has 0 aromatic carbocycles. The van der Waals surface area contributed by atoms with Gasteiger partial charge in [-0.3, -0.25) is 4.79 Å². The molecule has 1 aliphatic rings. The maximum absolute atomic E-state index is 12.9. The van der Waals surface area contributed by atoms with Gasteiger partial charge in [0.2, 0.25) is 0 Å². The van der Waals surface area contributed by atoms with Gasteiger partial charge >= 0.3 is 0 Å². The van der Waals surface area contributed by atoms with E-state index >= 15 is 0 Å². The average molecular weight is 367 g/mol. The summed E-state index contributed by atoms with van der Waals surface area (Å²) in [5.41, 5.74) is 2.26. The lowest BCUT2D eigenvalue weighted by atomic mass is 9.99. The quantitative estimate of drug-likeness (QED) is 0.710. The standard InChI is InChI=1S/C19H21N5OS/c1-13-5-3-9-23(12-13)18(25)15-11-21-24(14(15)2)19-20-8-7-16(22-19)17-6-4-10-26-17/h4,6-8,10-11,13H,3,5,9,12H2,1-2H3/t13-/m1/s1. The highest BCUT2D eigenvalue weighted by Gasteiger charge is 2.25. The third-order valence-corrected chi connectivity index (χ3v) is 5.68. The molecule has 1 fully saturated rings. The lowest BCUT2D eigenvalue weighted by Crippen LogP contribution is -2.39. The zero-order valence-electron chi connectivity index (χ0n) is 14.9. The van der Waals surface area contributed by atoms with Gasteiger partial charge in [0, 0.05) is 19.3 Å². The second kappa shape index (κ2) is 6.99. The molecule has 0 radical (unpaired) electrons. The van der Waals surface area contributed by atoms with Crippen LogP contribution in [0.5, 0.6) is 0 Å². The fourth-order valence-electron chi connectivity index (χ4n) is 3.38. The molecule has 4 rings (SSSR count). The Morgan fingerprint density at radius 2 is 2.23 bits per heavy atom. The number of piperidine rings is 1. The molecule has 7 heteroatoms. The Morgan fingerprint density at radius 3 is 3.00 bits per heavy atom. The third kappa shape index (κ3) is 3.14. The van der Waals surface area contributed by atoms with Crippen LogP contribution in [0.4, 0.5) is 0 Å². The molecule has 1 atom stereocenters. The van der Waals surface area contributed by atoms with Gasteiger partial charge in [-0.15, -0.1) is 11.3 Å². The summed E-state index contributed by atoms with van der Waals surface area (Å²) in [6.45, 7) is 5.72. The molecule has 1 amide bonds. The Balaban J connectivity index is 1.63. The van der Waals surface area contributed by atoms with Crippen LogP contribution >= 0.6 is 11.3 Å². The van der Waals surface area contributed by atoms with Gasteiger partial charge in [0.25, 0.3) is 11.9 Å². The van der Waals surface area contributed by atoms with E-state index in [0.717, 1.165) is 35.8 Å². The topological polar surface area (TPSA) is 63.9 Å². The van der Waals surface area contributed by atoms with Crippen LogP contribution in [-0.4, -0.2) is 43.6 Å². The van der Waals surface area contributed by atoms with E-state index in [2.05, 4.69) is 22.0 Å². The molecule has 3 aromatic rings. The molecule has 3 aromatic heterocycles. The highest BCUT2D eigenvalue weighted by Crippen LogP contribution is 2.24. The zero-order chi connectivity index (χ0) is 18.1. The lowest BCUT2D eigenvalue weighted by molar-refractivity contribution is 0.0682. The minimum Gasteiger partial charge on any atom is -0.338 e. The maximum atomic E-state index is 12.9. The Hall–Kier alpha value is -2.54. The molecule has 0 bridgehead atoms. The highest BCUT2D eigenvalue weighted by molar-refractivity contribution is 7.13. The molecule has 0 N–H and O–H groups in total. The average Bonchev–Trinajstić information content (AvgIpc) is 3.31. The number of rotatable bonds is 3. The van der Waals surface area contributed by atoms with E-state index in [1.165, 1.54) is 6.42 Å². The molecule has 134 valence electrons. The van der Waals surface area contributed by atoms with Crippen LogP contribution in [0.15, 0.2) is 36.0 Å². The Morgan fingerprint density at radius 1 is 1.35 bits per heavy atom. The first-order valence-electron chi connectivity index (χ1n) is 8.84. The first-order chi connectivity index (χ1) is 12.6. The molecular formula is C19H21N5OS. The highest BCUT2D eigenvalue weighted by atomic mass is 32.1. The number of hydrogen-bond acceptors (Lipinski definition) is 5. The van der Waals surface area contributed by atoms with Gasteiger partial charge in [0.1, 0.15) is 0 Å². The number of nitrogens with zero attached hydrogens (tertiary/aromatic N) is 5. The summed E-state index contributed by atoms with van der Waals surface area (Å²) in [5.74, 6) is 1.09. The van der Waals surface area contributed by atoms with Gasteiger partial charge in [-0.25, -0.2) is 14.6 Å². The van der Waals surface area contributed by atoms with Crippen molar-refractivity contribution in [1.82, 2.24) is 24.6 Å². The number of likely N-dealkylation sites (tertiary alicyclic amines) is 1. The summed E-state index contributed by atoms with van der Waals surface area (Å²) in [5, 5.41) is 6.41. The van der Waals surface area contributed by atoms with Gasteiger partial charge in [-0.05, 0) is 43.2 Å². The molecular weight excluding hydrogens is 346 g/mol. The van der Waals surface area contributed by atoms with Crippen molar-refractivity contribution in [1.29, 1.82) is 0 Å². The number of amides is 1. The second-order valence-electron chi connectivity index (χ2n) is 6.77. The molecule has 1 saturated heterocycles. The molecule has 1 aliphatic heterocycles. The number of carbonyl (C=O) groups is 1. The normalized spacial score (nSPS) is 17.5. The van der Waals surface area contributed by atoms with Crippen molar-refractivity contribution in [2.24, 2.45) is 5.92 Å². The van der Waals surface area contributed by atoms with Crippen LogP contribution in [0.1, 0.15) is 35.8 Å². The van der Waals surface area contributed by atoms with Crippen molar-refractivity contribution < 1.29 is 4.79 Å². The van der Waals surface area contributed by atoms with Crippen molar-refractivity contribution in [3.63, 3.8) is 0 Å². The van der Waals surface area contributed by atoms with Crippen molar-refractivity contribution in [2.45, 2.75) is 26.7 Å². The van der Waals surface area contributed by atoms with E-state index in [-0.39, 0.29) is 5.91 Å². The van der Waals surface area contributed by atoms with Crippen molar-refractivity contribution in [3.05, 3.63) is 47.2 Å². The van der Waals surface area contributed by atoms with Crippen molar-refractivity contribution in [3.8, 4) is 16.5 Å². The van der Waals surface area contributed by atoms with Crippen molar-refractivity contribution in [2.75, 3.05) is 13.1 Å². The van der Waals surface area contributed by atoms with E-state index in [0.29, 0.717) is 17.4 Å². The first-order valence-corrected chi connectivity index (χ1v) is 9.72. The summed E-state index contributed by atoms with van der Waals surface area (Å²) >= 11 is 1.63. The fourth-order valence-corrected chi connectivity index (χ4v) is 4.07. The molecule has 6 nitrogen and oxygen atoms in total. The maximum Gasteiger partial charge on any atom is 0.257 e. The molecule has 0 saturated carbocycles. The molecule has 0 spiro atoms. The predicted molar refractivity (Wildman–Crippen MR) is 102 cm³/mol. The molecule has 0 aliphatic carbocycles. The number of hydrogen-bond donors (Lipinski definition) is 0. The van der Waals surface area contributed by atoms with Gasteiger partial charge in [-0.2, -0.15) is 5.10 Å². The summed E-state index contributed by atoms with van der Waals surface area (Å²) in [6, 6.07) is 5.91. The van der Waals surface area contributed by atoms with Crippen LogP contribution in [0.2, 0.25) is 0 Å². The first kappa shape index (κ1) is 16.9. The lowest BCUT2D eigenvalue weighted by Gasteiger charge is -2.30. The predicted octanol–water partition coefficient (Wildman–Crippen LogP) is 3.57. The summed E-state index contributed by atoms with van der Waals surface area (Å²) in [7, 11) is 0. The van der Waals surface area contributed by atoms with E-state index < -0.39 is 0 Å². The minimum atomic E-state index is 0.0507. The SMILES string of the molecule is Cc1c(C(=O)N2CCC[C@@H](C)C2)cnn1-c1nccc(-c2cccs2)n1. The number of carbonyl (C=O) groups excluding carboxylic acids is 1. The Kier molecular flexibility index (Phi) is 4.55.